The molecule has 100 valence electrons. The van der Waals surface area contributed by atoms with E-state index < -0.39 is 6.04 Å². The van der Waals surface area contributed by atoms with E-state index in [2.05, 4.69) is 5.32 Å². The van der Waals surface area contributed by atoms with E-state index in [4.69, 9.17) is 5.73 Å². The highest BCUT2D eigenvalue weighted by Crippen LogP contribution is 2.08. The molecule has 2 atom stereocenters. The monoisotopic (exact) mass is 243 g/mol. The Morgan fingerprint density at radius 2 is 2.00 bits per heavy atom. The second-order valence-electron chi connectivity index (χ2n) is 4.45. The van der Waals surface area contributed by atoms with Crippen molar-refractivity contribution in [1.29, 1.82) is 0 Å². The highest BCUT2D eigenvalue weighted by molar-refractivity contribution is 5.81. The Kier molecular flexibility index (Phi) is 7.54. The molecule has 0 saturated carbocycles. The van der Waals surface area contributed by atoms with E-state index in [1.165, 1.54) is 0 Å². The summed E-state index contributed by atoms with van der Waals surface area (Å²) >= 11 is 0. The van der Waals surface area contributed by atoms with E-state index in [0.29, 0.717) is 19.4 Å². The van der Waals surface area contributed by atoms with Gasteiger partial charge >= 0.3 is 0 Å². The lowest BCUT2D eigenvalue weighted by atomic mass is 9.99. The number of carbonyl (C=O) groups excluding carboxylic acids is 2. The fourth-order valence-corrected chi connectivity index (χ4v) is 1.46. The Bertz CT molecular complexity index is 256. The van der Waals surface area contributed by atoms with E-state index in [-0.39, 0.29) is 17.7 Å². The third-order valence-electron chi connectivity index (χ3n) is 3.09. The molecule has 0 aliphatic heterocycles. The molecular formula is C12H25N3O2. The first-order valence-electron chi connectivity index (χ1n) is 6.15. The van der Waals surface area contributed by atoms with Gasteiger partial charge in [-0.25, -0.2) is 0 Å². The van der Waals surface area contributed by atoms with Gasteiger partial charge in [-0.3, -0.25) is 9.59 Å². The normalized spacial score (nSPS) is 13.9. The number of amides is 2. The van der Waals surface area contributed by atoms with Gasteiger partial charge in [-0.2, -0.15) is 0 Å². The third kappa shape index (κ3) is 5.68. The molecule has 0 bridgehead atoms. The van der Waals surface area contributed by atoms with Crippen molar-refractivity contribution in [2.24, 2.45) is 11.7 Å². The molecule has 0 fully saturated rings. The van der Waals surface area contributed by atoms with Crippen molar-refractivity contribution >= 4 is 11.8 Å². The van der Waals surface area contributed by atoms with Gasteiger partial charge in [0.25, 0.3) is 0 Å². The summed E-state index contributed by atoms with van der Waals surface area (Å²) in [6.45, 7) is 4.56. The fraction of sp³-hybridized carbons (Fsp3) is 0.833. The topological polar surface area (TPSA) is 75.4 Å². The van der Waals surface area contributed by atoms with Gasteiger partial charge in [-0.1, -0.05) is 20.3 Å². The number of nitrogens with two attached hydrogens (primary N) is 1. The third-order valence-corrected chi connectivity index (χ3v) is 3.09. The maximum absolute atomic E-state index is 11.9. The van der Waals surface area contributed by atoms with Crippen LogP contribution in [0.5, 0.6) is 0 Å². The van der Waals surface area contributed by atoms with Crippen molar-refractivity contribution < 1.29 is 9.59 Å². The van der Waals surface area contributed by atoms with Crippen LogP contribution in [0.3, 0.4) is 0 Å². The molecule has 2 amide bonds. The standard InChI is InChI=1S/C12H25N3O2/c1-5-9(2)11(13)12(17)15(4)8-6-7-10(16)14-3/h9,11H,5-8,13H2,1-4H3,(H,14,16). The lowest BCUT2D eigenvalue weighted by Crippen LogP contribution is -2.45. The second-order valence-corrected chi connectivity index (χ2v) is 4.45. The molecule has 17 heavy (non-hydrogen) atoms. The first-order chi connectivity index (χ1) is 7.93. The molecule has 5 heteroatoms. The molecule has 0 aliphatic rings. The number of hydrogen-bond acceptors (Lipinski definition) is 3. The minimum Gasteiger partial charge on any atom is -0.359 e. The molecule has 0 aromatic rings. The minimum absolute atomic E-state index is 0.00271. The molecule has 0 heterocycles. The van der Waals surface area contributed by atoms with Crippen LogP contribution in [0.15, 0.2) is 0 Å². The van der Waals surface area contributed by atoms with E-state index in [9.17, 15) is 9.59 Å². The summed E-state index contributed by atoms with van der Waals surface area (Å²) in [4.78, 5) is 24.5. The summed E-state index contributed by atoms with van der Waals surface area (Å²) in [5, 5.41) is 2.55. The smallest absolute Gasteiger partial charge is 0.239 e. The maximum atomic E-state index is 11.9. The van der Waals surface area contributed by atoms with Gasteiger partial charge in [-0.15, -0.1) is 0 Å². The number of rotatable bonds is 7. The van der Waals surface area contributed by atoms with Gasteiger partial charge in [0.2, 0.25) is 11.8 Å². The summed E-state index contributed by atoms with van der Waals surface area (Å²) in [6, 6.07) is -0.440. The number of nitrogens with one attached hydrogen (secondary N) is 1. The van der Waals surface area contributed by atoms with Crippen LogP contribution in [0.1, 0.15) is 33.1 Å². The highest BCUT2D eigenvalue weighted by Gasteiger charge is 2.22. The second kappa shape index (κ2) is 8.06. The summed E-state index contributed by atoms with van der Waals surface area (Å²) in [5.74, 6) is 0.136. The quantitative estimate of drug-likeness (QED) is 0.677. The van der Waals surface area contributed by atoms with Crippen LogP contribution in [0, 0.1) is 5.92 Å². The molecule has 0 aromatic carbocycles. The molecule has 0 radical (unpaired) electrons. The van der Waals surface area contributed by atoms with E-state index in [1.54, 1.807) is 19.0 Å². The molecule has 2 unspecified atom stereocenters. The van der Waals surface area contributed by atoms with Crippen molar-refractivity contribution in [2.75, 3.05) is 20.6 Å². The number of nitrogens with zero attached hydrogens (tertiary/aromatic N) is 1. The Hall–Kier alpha value is -1.10. The number of carbonyl (C=O) groups is 2. The predicted octanol–water partition coefficient (Wildman–Crippen LogP) is 0.344. The van der Waals surface area contributed by atoms with Crippen molar-refractivity contribution in [3.63, 3.8) is 0 Å². The highest BCUT2D eigenvalue weighted by atomic mass is 16.2. The van der Waals surface area contributed by atoms with Crippen molar-refractivity contribution in [2.45, 2.75) is 39.2 Å². The number of likely N-dealkylation sites (N-methyl/N-ethyl adjacent to an activating group) is 1. The van der Waals surface area contributed by atoms with Gasteiger partial charge in [0.1, 0.15) is 0 Å². The Morgan fingerprint density at radius 3 is 2.47 bits per heavy atom. The van der Waals surface area contributed by atoms with E-state index >= 15 is 0 Å². The summed E-state index contributed by atoms with van der Waals surface area (Å²) in [6.07, 6.45) is 1.99. The van der Waals surface area contributed by atoms with Gasteiger partial charge in [0.15, 0.2) is 0 Å². The van der Waals surface area contributed by atoms with Crippen LogP contribution in [-0.2, 0) is 9.59 Å². The van der Waals surface area contributed by atoms with Gasteiger partial charge in [-0.05, 0) is 12.3 Å². The molecule has 0 spiro atoms. The van der Waals surface area contributed by atoms with Crippen LogP contribution in [0.25, 0.3) is 0 Å². The zero-order valence-corrected chi connectivity index (χ0v) is 11.3. The molecule has 0 aliphatic carbocycles. The summed E-state index contributed by atoms with van der Waals surface area (Å²) in [5.41, 5.74) is 5.86. The predicted molar refractivity (Wildman–Crippen MR) is 68.4 cm³/mol. The largest absolute Gasteiger partial charge is 0.359 e. The Labute approximate surface area is 104 Å². The Morgan fingerprint density at radius 1 is 1.41 bits per heavy atom. The van der Waals surface area contributed by atoms with Crippen LogP contribution in [-0.4, -0.2) is 43.4 Å². The van der Waals surface area contributed by atoms with Gasteiger partial charge in [0.05, 0.1) is 6.04 Å². The lowest BCUT2D eigenvalue weighted by Gasteiger charge is -2.24. The average molecular weight is 243 g/mol. The van der Waals surface area contributed by atoms with E-state index in [0.717, 1.165) is 6.42 Å². The van der Waals surface area contributed by atoms with Crippen molar-refractivity contribution in [3.8, 4) is 0 Å². The Balaban J connectivity index is 4.01. The average Bonchev–Trinajstić information content (AvgIpc) is 2.35. The summed E-state index contributed by atoms with van der Waals surface area (Å²) in [7, 11) is 3.34. The zero-order valence-electron chi connectivity index (χ0n) is 11.3. The minimum atomic E-state index is -0.440. The lowest BCUT2D eigenvalue weighted by molar-refractivity contribution is -0.132. The molecular weight excluding hydrogens is 218 g/mol. The van der Waals surface area contributed by atoms with Gasteiger partial charge < -0.3 is 16.0 Å². The zero-order chi connectivity index (χ0) is 13.4. The molecule has 0 aromatic heterocycles. The number of hydrogen-bond donors (Lipinski definition) is 2. The van der Waals surface area contributed by atoms with Crippen LogP contribution < -0.4 is 11.1 Å². The van der Waals surface area contributed by atoms with Crippen LogP contribution in [0.2, 0.25) is 0 Å². The van der Waals surface area contributed by atoms with Gasteiger partial charge in [0, 0.05) is 27.1 Å². The molecule has 3 N–H and O–H groups in total. The molecule has 0 rings (SSSR count). The summed E-state index contributed by atoms with van der Waals surface area (Å²) < 4.78 is 0. The molecule has 5 nitrogen and oxygen atoms in total. The van der Waals surface area contributed by atoms with E-state index in [1.807, 2.05) is 13.8 Å². The maximum Gasteiger partial charge on any atom is 0.239 e. The van der Waals surface area contributed by atoms with Crippen LogP contribution >= 0.6 is 0 Å². The van der Waals surface area contributed by atoms with Crippen LogP contribution in [0.4, 0.5) is 0 Å². The SMILES string of the molecule is CCC(C)C(N)C(=O)N(C)CCCC(=O)NC. The van der Waals surface area contributed by atoms with Crippen molar-refractivity contribution in [3.05, 3.63) is 0 Å². The fourth-order valence-electron chi connectivity index (χ4n) is 1.46. The first kappa shape index (κ1) is 15.9. The first-order valence-corrected chi connectivity index (χ1v) is 6.15. The van der Waals surface area contributed by atoms with Crippen molar-refractivity contribution in [1.82, 2.24) is 10.2 Å². The molecule has 0 saturated heterocycles.